The molecule has 19 heavy (non-hydrogen) atoms. The Hall–Kier alpha value is -1.68. The van der Waals surface area contributed by atoms with E-state index in [1.54, 1.807) is 12.1 Å². The number of hydrogen-bond donors (Lipinski definition) is 0. The molecule has 2 nitrogen and oxygen atoms in total. The predicted molar refractivity (Wildman–Crippen MR) is 76.8 cm³/mol. The number of benzene rings is 1. The summed E-state index contributed by atoms with van der Waals surface area (Å²) in [5.74, 6) is -0.210. The fraction of sp³-hybridized carbons (Fsp3) is 0.133. The van der Waals surface area contributed by atoms with Crippen LogP contribution in [0.1, 0.15) is 16.8 Å². The van der Waals surface area contributed by atoms with E-state index in [1.807, 2.05) is 29.8 Å². The molecule has 2 aromatic heterocycles. The van der Waals surface area contributed by atoms with Crippen LogP contribution >= 0.6 is 15.9 Å². The zero-order chi connectivity index (χ0) is 13.4. The molecule has 3 aromatic rings. The predicted octanol–water partition coefficient (Wildman–Crippen LogP) is 4.14. The average molecular weight is 319 g/mol. The van der Waals surface area contributed by atoms with Gasteiger partial charge in [0.1, 0.15) is 11.5 Å². The Morgan fingerprint density at radius 3 is 2.68 bits per heavy atom. The van der Waals surface area contributed by atoms with E-state index in [1.165, 1.54) is 12.1 Å². The first kappa shape index (κ1) is 12.4. The summed E-state index contributed by atoms with van der Waals surface area (Å²) in [6.07, 6.45) is 4.71. The number of halogens is 2. The molecule has 0 aliphatic carbocycles. The van der Waals surface area contributed by atoms with Gasteiger partial charge in [-0.3, -0.25) is 0 Å². The van der Waals surface area contributed by atoms with Crippen LogP contribution in [-0.2, 0) is 6.42 Å². The van der Waals surface area contributed by atoms with Gasteiger partial charge in [-0.25, -0.2) is 9.37 Å². The lowest BCUT2D eigenvalue weighted by molar-refractivity contribution is 0.627. The maximum atomic E-state index is 12.9. The molecule has 0 bridgehead atoms. The maximum absolute atomic E-state index is 12.9. The highest BCUT2D eigenvalue weighted by Crippen LogP contribution is 2.18. The average Bonchev–Trinajstić information content (AvgIpc) is 2.75. The van der Waals surface area contributed by atoms with Gasteiger partial charge in [0.05, 0.1) is 5.69 Å². The van der Waals surface area contributed by atoms with Gasteiger partial charge < -0.3 is 4.40 Å². The summed E-state index contributed by atoms with van der Waals surface area (Å²) in [4.78, 5) is 4.62. The second kappa shape index (κ2) is 4.78. The first-order chi connectivity index (χ1) is 9.11. The van der Waals surface area contributed by atoms with Crippen molar-refractivity contribution in [3.05, 3.63) is 69.8 Å². The van der Waals surface area contributed by atoms with Crippen LogP contribution < -0.4 is 0 Å². The minimum atomic E-state index is -0.210. The molecule has 0 amide bonds. The van der Waals surface area contributed by atoms with Crippen LogP contribution in [0.25, 0.3) is 5.65 Å². The highest BCUT2D eigenvalue weighted by Gasteiger charge is 2.06. The van der Waals surface area contributed by atoms with Crippen molar-refractivity contribution in [2.45, 2.75) is 13.3 Å². The normalized spacial score (nSPS) is 11.1. The summed E-state index contributed by atoms with van der Waals surface area (Å²) < 4.78 is 15.9. The smallest absolute Gasteiger partial charge is 0.140 e. The van der Waals surface area contributed by atoms with Crippen LogP contribution in [0.2, 0.25) is 0 Å². The van der Waals surface area contributed by atoms with Gasteiger partial charge >= 0.3 is 0 Å². The van der Waals surface area contributed by atoms with Crippen LogP contribution in [0.5, 0.6) is 0 Å². The Balaban J connectivity index is 1.97. The van der Waals surface area contributed by atoms with Crippen LogP contribution in [0, 0.1) is 12.7 Å². The quantitative estimate of drug-likeness (QED) is 0.694. The first-order valence-corrected chi connectivity index (χ1v) is 6.79. The summed E-state index contributed by atoms with van der Waals surface area (Å²) in [6, 6.07) is 8.59. The molecule has 96 valence electrons. The Kier molecular flexibility index (Phi) is 3.11. The number of hydrogen-bond acceptors (Lipinski definition) is 1. The third kappa shape index (κ3) is 2.54. The standard InChI is InChI=1S/C15H12BrFN2/c1-10-6-12(16)8-19-9-14(18-15(10)19)7-11-2-4-13(17)5-3-11/h2-6,8-9H,7H2,1H3. The molecule has 0 spiro atoms. The van der Waals surface area contributed by atoms with Crippen molar-refractivity contribution in [2.24, 2.45) is 0 Å². The van der Waals surface area contributed by atoms with Gasteiger partial charge in [-0.05, 0) is 52.2 Å². The summed E-state index contributed by atoms with van der Waals surface area (Å²) >= 11 is 3.48. The van der Waals surface area contributed by atoms with Gasteiger partial charge in [0.2, 0.25) is 0 Å². The zero-order valence-corrected chi connectivity index (χ0v) is 12.0. The van der Waals surface area contributed by atoms with Crippen molar-refractivity contribution in [1.82, 2.24) is 9.38 Å². The van der Waals surface area contributed by atoms with E-state index in [-0.39, 0.29) is 5.82 Å². The number of pyridine rings is 1. The van der Waals surface area contributed by atoms with Crippen LogP contribution in [0.4, 0.5) is 4.39 Å². The van der Waals surface area contributed by atoms with Gasteiger partial charge in [0.25, 0.3) is 0 Å². The molecule has 3 rings (SSSR count). The second-order valence-corrected chi connectivity index (χ2v) is 5.52. The second-order valence-electron chi connectivity index (χ2n) is 4.61. The molecule has 0 N–H and O–H groups in total. The highest BCUT2D eigenvalue weighted by atomic mass is 79.9. The molecule has 0 atom stereocenters. The number of nitrogens with zero attached hydrogens (tertiary/aromatic N) is 2. The van der Waals surface area contributed by atoms with Crippen LogP contribution in [0.3, 0.4) is 0 Å². The summed E-state index contributed by atoms with van der Waals surface area (Å²) in [5, 5.41) is 0. The van der Waals surface area contributed by atoms with Crippen LogP contribution in [-0.4, -0.2) is 9.38 Å². The molecule has 4 heteroatoms. The Morgan fingerprint density at radius 2 is 1.95 bits per heavy atom. The zero-order valence-electron chi connectivity index (χ0n) is 10.4. The molecule has 0 aliphatic heterocycles. The van der Waals surface area contributed by atoms with Crippen LogP contribution in [0.15, 0.2) is 47.2 Å². The van der Waals surface area contributed by atoms with Gasteiger partial charge in [0.15, 0.2) is 0 Å². The molecule has 0 unspecified atom stereocenters. The molecule has 0 aliphatic rings. The van der Waals surface area contributed by atoms with Gasteiger partial charge in [-0.2, -0.15) is 0 Å². The van der Waals surface area contributed by atoms with E-state index in [4.69, 9.17) is 0 Å². The first-order valence-electron chi connectivity index (χ1n) is 6.00. The molecule has 2 heterocycles. The van der Waals surface area contributed by atoms with Gasteiger partial charge in [0, 0.05) is 23.3 Å². The van der Waals surface area contributed by atoms with E-state index < -0.39 is 0 Å². The van der Waals surface area contributed by atoms with Gasteiger partial charge in [-0.1, -0.05) is 12.1 Å². The van der Waals surface area contributed by atoms with Crippen molar-refractivity contribution < 1.29 is 4.39 Å². The SMILES string of the molecule is Cc1cc(Br)cn2cc(Cc3ccc(F)cc3)nc12. The Labute approximate surface area is 119 Å². The summed E-state index contributed by atoms with van der Waals surface area (Å²) in [5.41, 5.74) is 4.12. The third-order valence-electron chi connectivity index (χ3n) is 3.05. The number of fused-ring (bicyclic) bond motifs is 1. The van der Waals surface area contributed by atoms with Crippen molar-refractivity contribution in [1.29, 1.82) is 0 Å². The lowest BCUT2D eigenvalue weighted by Crippen LogP contribution is -1.88. The Bertz CT molecular complexity index is 732. The number of aryl methyl sites for hydroxylation is 1. The number of rotatable bonds is 2. The van der Waals surface area contributed by atoms with E-state index in [0.717, 1.165) is 26.9 Å². The molecule has 0 fully saturated rings. The highest BCUT2D eigenvalue weighted by molar-refractivity contribution is 9.10. The topological polar surface area (TPSA) is 17.3 Å². The monoisotopic (exact) mass is 318 g/mol. The number of aromatic nitrogens is 2. The summed E-state index contributed by atoms with van der Waals surface area (Å²) in [6.45, 7) is 2.04. The van der Waals surface area contributed by atoms with E-state index in [9.17, 15) is 4.39 Å². The van der Waals surface area contributed by atoms with E-state index in [2.05, 4.69) is 20.9 Å². The van der Waals surface area contributed by atoms with Crippen molar-refractivity contribution in [3.63, 3.8) is 0 Å². The van der Waals surface area contributed by atoms with Crippen molar-refractivity contribution in [3.8, 4) is 0 Å². The number of imidazole rings is 1. The van der Waals surface area contributed by atoms with Crippen molar-refractivity contribution in [2.75, 3.05) is 0 Å². The van der Waals surface area contributed by atoms with Gasteiger partial charge in [-0.15, -0.1) is 0 Å². The lowest BCUT2D eigenvalue weighted by Gasteiger charge is -1.97. The van der Waals surface area contributed by atoms with Crippen molar-refractivity contribution >= 4 is 21.6 Å². The molecule has 1 aromatic carbocycles. The molecule has 0 saturated heterocycles. The maximum Gasteiger partial charge on any atom is 0.140 e. The largest absolute Gasteiger partial charge is 0.305 e. The fourth-order valence-electron chi connectivity index (χ4n) is 2.17. The minimum absolute atomic E-state index is 0.210. The molecular weight excluding hydrogens is 307 g/mol. The summed E-state index contributed by atoms with van der Waals surface area (Å²) in [7, 11) is 0. The third-order valence-corrected chi connectivity index (χ3v) is 3.48. The lowest BCUT2D eigenvalue weighted by atomic mass is 10.1. The molecule has 0 saturated carbocycles. The minimum Gasteiger partial charge on any atom is -0.305 e. The molecule has 0 radical (unpaired) electrons. The fourth-order valence-corrected chi connectivity index (χ4v) is 2.74. The van der Waals surface area contributed by atoms with E-state index >= 15 is 0 Å². The Morgan fingerprint density at radius 1 is 1.21 bits per heavy atom. The van der Waals surface area contributed by atoms with E-state index in [0.29, 0.717) is 6.42 Å². The molecular formula is C15H12BrFN2.